The van der Waals surface area contributed by atoms with Crippen molar-refractivity contribution in [1.82, 2.24) is 5.32 Å². The van der Waals surface area contributed by atoms with Gasteiger partial charge in [-0.1, -0.05) is 0 Å². The van der Waals surface area contributed by atoms with Crippen molar-refractivity contribution in [2.75, 3.05) is 26.4 Å². The van der Waals surface area contributed by atoms with Gasteiger partial charge in [0.25, 0.3) is 0 Å². The van der Waals surface area contributed by atoms with Gasteiger partial charge in [-0.3, -0.25) is 0 Å². The molecular weight excluding hydrogens is 218 g/mol. The molecule has 0 amide bonds. The van der Waals surface area contributed by atoms with Crippen molar-refractivity contribution in [3.63, 3.8) is 0 Å². The Morgan fingerprint density at radius 3 is 2.76 bits per heavy atom. The zero-order valence-electron chi connectivity index (χ0n) is 9.74. The zero-order valence-corrected chi connectivity index (χ0v) is 9.74. The number of hydrogen-bond donors (Lipinski definition) is 2. The lowest BCUT2D eigenvalue weighted by molar-refractivity contribution is 0.171. The Kier molecular flexibility index (Phi) is 2.91. The Balaban J connectivity index is 1.87. The minimum Gasteiger partial charge on any atom is -0.486 e. The van der Waals surface area contributed by atoms with Crippen LogP contribution in [0.1, 0.15) is 23.6 Å². The minimum atomic E-state index is 0.177. The number of benzene rings is 1. The normalized spacial score (nSPS) is 21.4. The molecule has 4 heteroatoms. The molecule has 0 saturated heterocycles. The van der Waals surface area contributed by atoms with E-state index in [2.05, 4.69) is 17.4 Å². The summed E-state index contributed by atoms with van der Waals surface area (Å²) >= 11 is 0. The van der Waals surface area contributed by atoms with Crippen LogP contribution < -0.4 is 14.8 Å². The summed E-state index contributed by atoms with van der Waals surface area (Å²) in [4.78, 5) is 0. The third-order valence-corrected chi connectivity index (χ3v) is 3.38. The SMILES string of the molecule is OCCN[C@H]1CCc2cc3c(cc21)OCCO3. The van der Waals surface area contributed by atoms with Crippen molar-refractivity contribution < 1.29 is 14.6 Å². The van der Waals surface area contributed by atoms with Crippen LogP contribution >= 0.6 is 0 Å². The molecule has 1 heterocycles. The smallest absolute Gasteiger partial charge is 0.161 e. The highest BCUT2D eigenvalue weighted by Gasteiger charge is 2.25. The Bertz CT molecular complexity index is 419. The molecule has 17 heavy (non-hydrogen) atoms. The van der Waals surface area contributed by atoms with Crippen molar-refractivity contribution in [2.45, 2.75) is 18.9 Å². The van der Waals surface area contributed by atoms with Crippen LogP contribution in [-0.4, -0.2) is 31.5 Å². The van der Waals surface area contributed by atoms with E-state index in [0.29, 0.717) is 25.8 Å². The van der Waals surface area contributed by atoms with E-state index in [1.807, 2.05) is 0 Å². The largest absolute Gasteiger partial charge is 0.486 e. The van der Waals surface area contributed by atoms with Gasteiger partial charge in [-0.25, -0.2) is 0 Å². The minimum absolute atomic E-state index is 0.177. The third-order valence-electron chi connectivity index (χ3n) is 3.38. The van der Waals surface area contributed by atoms with Gasteiger partial charge in [0.1, 0.15) is 13.2 Å². The molecule has 1 atom stereocenters. The number of fused-ring (bicyclic) bond motifs is 2. The van der Waals surface area contributed by atoms with E-state index in [-0.39, 0.29) is 6.61 Å². The molecule has 0 radical (unpaired) electrons. The molecule has 2 N–H and O–H groups in total. The molecular formula is C13H17NO3. The number of nitrogens with one attached hydrogen (secondary N) is 1. The van der Waals surface area contributed by atoms with Crippen LogP contribution in [0.2, 0.25) is 0 Å². The first-order chi connectivity index (χ1) is 8.38. The topological polar surface area (TPSA) is 50.7 Å². The maximum Gasteiger partial charge on any atom is 0.161 e. The maximum absolute atomic E-state index is 8.86. The molecule has 0 saturated carbocycles. The lowest BCUT2D eigenvalue weighted by atomic mass is 10.1. The fraction of sp³-hybridized carbons (Fsp3) is 0.538. The molecule has 92 valence electrons. The molecule has 0 spiro atoms. The first-order valence-electron chi connectivity index (χ1n) is 6.15. The summed E-state index contributed by atoms with van der Waals surface area (Å²) in [5.41, 5.74) is 2.63. The molecule has 1 aliphatic heterocycles. The molecule has 1 aromatic rings. The lowest BCUT2D eigenvalue weighted by Gasteiger charge is -2.21. The summed E-state index contributed by atoms with van der Waals surface area (Å²) in [7, 11) is 0. The predicted octanol–water partition coefficient (Wildman–Crippen LogP) is 1.03. The number of aryl methyl sites for hydroxylation is 1. The molecule has 2 aliphatic rings. The van der Waals surface area contributed by atoms with Crippen LogP contribution in [0.4, 0.5) is 0 Å². The molecule has 4 nitrogen and oxygen atoms in total. The van der Waals surface area contributed by atoms with Crippen molar-refractivity contribution in [3.05, 3.63) is 23.3 Å². The van der Waals surface area contributed by atoms with Gasteiger partial charge in [0.05, 0.1) is 6.61 Å². The quantitative estimate of drug-likeness (QED) is 0.821. The van der Waals surface area contributed by atoms with Crippen molar-refractivity contribution in [1.29, 1.82) is 0 Å². The van der Waals surface area contributed by atoms with Gasteiger partial charge in [0.15, 0.2) is 11.5 Å². The first-order valence-corrected chi connectivity index (χ1v) is 6.15. The average molecular weight is 235 g/mol. The number of rotatable bonds is 3. The first kappa shape index (κ1) is 10.9. The molecule has 3 rings (SSSR count). The number of ether oxygens (including phenoxy) is 2. The maximum atomic E-state index is 8.86. The van der Waals surface area contributed by atoms with Crippen LogP contribution in [-0.2, 0) is 6.42 Å². The standard InChI is InChI=1S/C13H17NO3/c15-4-3-14-11-2-1-9-7-12-13(8-10(9)11)17-6-5-16-12/h7-8,11,14-15H,1-6H2/t11-/m0/s1. The van der Waals surface area contributed by atoms with Gasteiger partial charge in [0.2, 0.25) is 0 Å². The second-order valence-electron chi connectivity index (χ2n) is 4.46. The summed E-state index contributed by atoms with van der Waals surface area (Å²) in [5, 5.41) is 12.2. The summed E-state index contributed by atoms with van der Waals surface area (Å²) in [6, 6.07) is 4.53. The summed E-state index contributed by atoms with van der Waals surface area (Å²) in [6.07, 6.45) is 2.15. The predicted molar refractivity (Wildman–Crippen MR) is 63.6 cm³/mol. The lowest BCUT2D eigenvalue weighted by Crippen LogP contribution is -2.23. The van der Waals surface area contributed by atoms with E-state index in [1.165, 1.54) is 11.1 Å². The second kappa shape index (κ2) is 4.55. The van der Waals surface area contributed by atoms with E-state index >= 15 is 0 Å². The number of hydrogen-bond acceptors (Lipinski definition) is 4. The van der Waals surface area contributed by atoms with Gasteiger partial charge in [0, 0.05) is 12.6 Å². The van der Waals surface area contributed by atoms with Crippen molar-refractivity contribution in [2.24, 2.45) is 0 Å². The number of aliphatic hydroxyl groups is 1. The van der Waals surface area contributed by atoms with Gasteiger partial charge >= 0.3 is 0 Å². The second-order valence-corrected chi connectivity index (χ2v) is 4.46. The van der Waals surface area contributed by atoms with Crippen molar-refractivity contribution >= 4 is 0 Å². The monoisotopic (exact) mass is 235 g/mol. The van der Waals surface area contributed by atoms with Crippen LogP contribution in [0, 0.1) is 0 Å². The molecule has 0 aromatic heterocycles. The highest BCUT2D eigenvalue weighted by atomic mass is 16.6. The van der Waals surface area contributed by atoms with E-state index < -0.39 is 0 Å². The summed E-state index contributed by atoms with van der Waals surface area (Å²) < 4.78 is 11.2. The van der Waals surface area contributed by atoms with Gasteiger partial charge < -0.3 is 19.9 Å². The Hall–Kier alpha value is -1.26. The van der Waals surface area contributed by atoms with E-state index in [9.17, 15) is 0 Å². The Morgan fingerprint density at radius 2 is 2.00 bits per heavy atom. The summed E-state index contributed by atoms with van der Waals surface area (Å²) in [6.45, 7) is 2.08. The van der Waals surface area contributed by atoms with Crippen LogP contribution in [0.15, 0.2) is 12.1 Å². The Labute approximate surface area is 101 Å². The Morgan fingerprint density at radius 1 is 1.24 bits per heavy atom. The van der Waals surface area contributed by atoms with Gasteiger partial charge in [-0.05, 0) is 36.1 Å². The van der Waals surface area contributed by atoms with Crippen molar-refractivity contribution in [3.8, 4) is 11.5 Å². The van der Waals surface area contributed by atoms with E-state index in [1.54, 1.807) is 0 Å². The van der Waals surface area contributed by atoms with E-state index in [4.69, 9.17) is 14.6 Å². The fourth-order valence-corrected chi connectivity index (χ4v) is 2.59. The third kappa shape index (κ3) is 1.98. The highest BCUT2D eigenvalue weighted by Crippen LogP contribution is 2.40. The van der Waals surface area contributed by atoms with Crippen LogP contribution in [0.25, 0.3) is 0 Å². The molecule has 0 bridgehead atoms. The van der Waals surface area contributed by atoms with Crippen LogP contribution in [0.5, 0.6) is 11.5 Å². The molecule has 0 unspecified atom stereocenters. The number of aliphatic hydroxyl groups excluding tert-OH is 1. The average Bonchev–Trinajstić information content (AvgIpc) is 2.76. The fourth-order valence-electron chi connectivity index (χ4n) is 2.59. The van der Waals surface area contributed by atoms with Gasteiger partial charge in [-0.2, -0.15) is 0 Å². The summed E-state index contributed by atoms with van der Waals surface area (Å²) in [5.74, 6) is 1.73. The van der Waals surface area contributed by atoms with Gasteiger partial charge in [-0.15, -0.1) is 0 Å². The molecule has 0 fully saturated rings. The van der Waals surface area contributed by atoms with E-state index in [0.717, 1.165) is 24.3 Å². The molecule has 1 aromatic carbocycles. The highest BCUT2D eigenvalue weighted by molar-refractivity contribution is 5.50. The zero-order chi connectivity index (χ0) is 11.7. The van der Waals surface area contributed by atoms with Crippen LogP contribution in [0.3, 0.4) is 0 Å². The molecule has 1 aliphatic carbocycles.